The number of hydrogen-bond acceptors (Lipinski definition) is 4. The number of phenolic OH excluding ortho intramolecular Hbond substituents is 1. The van der Waals surface area contributed by atoms with Crippen LogP contribution in [0.5, 0.6) is 11.5 Å². The summed E-state index contributed by atoms with van der Waals surface area (Å²) < 4.78 is 5.65. The Hall–Kier alpha value is -0.780. The van der Waals surface area contributed by atoms with Crippen molar-refractivity contribution in [2.45, 2.75) is 12.5 Å². The second-order valence-corrected chi connectivity index (χ2v) is 3.97. The van der Waals surface area contributed by atoms with Crippen molar-refractivity contribution in [3.63, 3.8) is 0 Å². The zero-order chi connectivity index (χ0) is 11.4. The normalized spacial score (nSPS) is 12.5. The molecule has 4 N–H and O–H groups in total. The fourth-order valence-corrected chi connectivity index (χ4v) is 1.82. The zero-order valence-electron chi connectivity index (χ0n) is 8.40. The van der Waals surface area contributed by atoms with Gasteiger partial charge in [0.05, 0.1) is 17.7 Å². The Labute approximate surface area is 96.8 Å². The van der Waals surface area contributed by atoms with Crippen LogP contribution in [0.1, 0.15) is 18.1 Å². The second-order valence-electron chi connectivity index (χ2n) is 3.11. The van der Waals surface area contributed by atoms with Crippen molar-refractivity contribution in [3.8, 4) is 11.5 Å². The van der Waals surface area contributed by atoms with Crippen molar-refractivity contribution >= 4 is 15.9 Å². The van der Waals surface area contributed by atoms with Crippen molar-refractivity contribution in [1.29, 1.82) is 0 Å². The highest BCUT2D eigenvalue weighted by Gasteiger charge is 2.17. The molecule has 5 heteroatoms. The molecule has 0 fully saturated rings. The van der Waals surface area contributed by atoms with E-state index in [9.17, 15) is 10.2 Å². The number of ether oxygens (including phenoxy) is 1. The van der Waals surface area contributed by atoms with Gasteiger partial charge >= 0.3 is 0 Å². The summed E-state index contributed by atoms with van der Waals surface area (Å²) in [5.41, 5.74) is 5.77. The Morgan fingerprint density at radius 2 is 2.20 bits per heavy atom. The van der Waals surface area contributed by atoms with Crippen LogP contribution in [0.3, 0.4) is 0 Å². The lowest BCUT2D eigenvalue weighted by molar-refractivity contribution is 0.165. The van der Waals surface area contributed by atoms with Gasteiger partial charge < -0.3 is 20.7 Å². The van der Waals surface area contributed by atoms with Gasteiger partial charge in [-0.15, -0.1) is 0 Å². The van der Waals surface area contributed by atoms with E-state index in [2.05, 4.69) is 15.9 Å². The molecule has 0 aliphatic carbocycles. The fourth-order valence-electron chi connectivity index (χ4n) is 1.34. The third-order valence-electron chi connectivity index (χ3n) is 2.12. The summed E-state index contributed by atoms with van der Waals surface area (Å²) in [4.78, 5) is 0. The number of nitrogens with two attached hydrogens (primary N) is 1. The molecule has 0 amide bonds. The molecule has 0 heterocycles. The molecular formula is C10H14BrNO3. The molecule has 1 rings (SSSR count). The molecule has 0 saturated carbocycles. The lowest BCUT2D eigenvalue weighted by Gasteiger charge is -2.14. The van der Waals surface area contributed by atoms with Gasteiger partial charge in [0.15, 0.2) is 11.5 Å². The van der Waals surface area contributed by atoms with E-state index in [-0.39, 0.29) is 5.75 Å². The van der Waals surface area contributed by atoms with Crippen LogP contribution in [0.4, 0.5) is 0 Å². The summed E-state index contributed by atoms with van der Waals surface area (Å²) in [5.74, 6) is 0.274. The molecule has 84 valence electrons. The number of aliphatic hydroxyl groups is 1. The lowest BCUT2D eigenvalue weighted by atomic mass is 10.1. The van der Waals surface area contributed by atoms with Gasteiger partial charge in [0.25, 0.3) is 0 Å². The van der Waals surface area contributed by atoms with Gasteiger partial charge in [0.1, 0.15) is 0 Å². The number of methoxy groups -OCH3 is 1. The summed E-state index contributed by atoms with van der Waals surface area (Å²) in [5, 5.41) is 19.5. The van der Waals surface area contributed by atoms with Crippen LogP contribution < -0.4 is 10.5 Å². The first kappa shape index (κ1) is 12.3. The Morgan fingerprint density at radius 1 is 1.53 bits per heavy atom. The number of rotatable bonds is 4. The molecule has 0 aliphatic rings. The van der Waals surface area contributed by atoms with E-state index in [4.69, 9.17) is 10.5 Å². The first-order chi connectivity index (χ1) is 7.11. The molecule has 1 aromatic rings. The van der Waals surface area contributed by atoms with Crippen LogP contribution >= 0.6 is 15.9 Å². The summed E-state index contributed by atoms with van der Waals surface area (Å²) in [6.07, 6.45) is -0.366. The number of aliphatic hydroxyl groups excluding tert-OH is 1. The Balaban J connectivity index is 3.09. The van der Waals surface area contributed by atoms with Crippen molar-refractivity contribution in [2.24, 2.45) is 5.73 Å². The highest BCUT2D eigenvalue weighted by atomic mass is 79.9. The monoisotopic (exact) mass is 275 g/mol. The minimum absolute atomic E-state index is 0.0483. The lowest BCUT2D eigenvalue weighted by Crippen LogP contribution is -2.07. The van der Waals surface area contributed by atoms with E-state index in [1.54, 1.807) is 12.1 Å². The SMILES string of the molecule is COc1c(Br)ccc(C(O)CCN)c1O. The van der Waals surface area contributed by atoms with E-state index in [1.807, 2.05) is 0 Å². The van der Waals surface area contributed by atoms with Gasteiger partial charge in [0.2, 0.25) is 0 Å². The molecular weight excluding hydrogens is 262 g/mol. The van der Waals surface area contributed by atoms with Gasteiger partial charge in [-0.1, -0.05) is 6.07 Å². The molecule has 0 saturated heterocycles. The summed E-state index contributed by atoms with van der Waals surface area (Å²) in [6, 6.07) is 3.36. The smallest absolute Gasteiger partial charge is 0.175 e. The number of hydrogen-bond donors (Lipinski definition) is 3. The third kappa shape index (κ3) is 2.62. The summed E-state index contributed by atoms with van der Waals surface area (Å²) in [7, 11) is 1.46. The highest BCUT2D eigenvalue weighted by molar-refractivity contribution is 9.10. The number of halogens is 1. The minimum Gasteiger partial charge on any atom is -0.504 e. The maximum Gasteiger partial charge on any atom is 0.175 e. The first-order valence-corrected chi connectivity index (χ1v) is 5.34. The predicted octanol–water partition coefficient (Wildman–Crippen LogP) is 1.55. The van der Waals surface area contributed by atoms with Gasteiger partial charge in [-0.05, 0) is 35.0 Å². The third-order valence-corrected chi connectivity index (χ3v) is 2.74. The maximum atomic E-state index is 9.81. The van der Waals surface area contributed by atoms with Crippen LogP contribution in [0.15, 0.2) is 16.6 Å². The number of aromatic hydroxyl groups is 1. The van der Waals surface area contributed by atoms with E-state index < -0.39 is 6.10 Å². The van der Waals surface area contributed by atoms with Gasteiger partial charge in [0, 0.05) is 5.56 Å². The topological polar surface area (TPSA) is 75.7 Å². The molecule has 15 heavy (non-hydrogen) atoms. The van der Waals surface area contributed by atoms with Crippen molar-refractivity contribution in [1.82, 2.24) is 0 Å². The minimum atomic E-state index is -0.767. The van der Waals surface area contributed by atoms with E-state index in [0.717, 1.165) is 0 Å². The van der Waals surface area contributed by atoms with E-state index >= 15 is 0 Å². The highest BCUT2D eigenvalue weighted by Crippen LogP contribution is 2.40. The summed E-state index contributed by atoms with van der Waals surface area (Å²) in [6.45, 7) is 0.360. The standard InChI is InChI=1S/C10H14BrNO3/c1-15-10-7(11)3-2-6(9(10)14)8(13)4-5-12/h2-3,8,13-14H,4-5,12H2,1H3. The zero-order valence-corrected chi connectivity index (χ0v) is 9.99. The summed E-state index contributed by atoms with van der Waals surface area (Å²) >= 11 is 3.24. The van der Waals surface area contributed by atoms with Gasteiger partial charge in [-0.2, -0.15) is 0 Å². The molecule has 0 aromatic heterocycles. The van der Waals surface area contributed by atoms with Crippen LogP contribution in [0, 0.1) is 0 Å². The van der Waals surface area contributed by atoms with Gasteiger partial charge in [-0.25, -0.2) is 0 Å². The molecule has 1 unspecified atom stereocenters. The molecule has 4 nitrogen and oxygen atoms in total. The van der Waals surface area contributed by atoms with Crippen molar-refractivity contribution < 1.29 is 14.9 Å². The van der Waals surface area contributed by atoms with Crippen LogP contribution in [-0.2, 0) is 0 Å². The Morgan fingerprint density at radius 3 is 2.73 bits per heavy atom. The van der Waals surface area contributed by atoms with Gasteiger partial charge in [-0.3, -0.25) is 0 Å². The van der Waals surface area contributed by atoms with E-state index in [1.165, 1.54) is 7.11 Å². The van der Waals surface area contributed by atoms with Crippen molar-refractivity contribution in [2.75, 3.05) is 13.7 Å². The van der Waals surface area contributed by atoms with Crippen LogP contribution in [-0.4, -0.2) is 23.9 Å². The predicted molar refractivity (Wildman–Crippen MR) is 61.0 cm³/mol. The fraction of sp³-hybridized carbons (Fsp3) is 0.400. The molecule has 1 atom stereocenters. The second kappa shape index (κ2) is 5.34. The molecule has 0 radical (unpaired) electrons. The maximum absolute atomic E-state index is 9.81. The molecule has 0 aliphatic heterocycles. The largest absolute Gasteiger partial charge is 0.504 e. The molecule has 1 aromatic carbocycles. The number of benzene rings is 1. The molecule has 0 spiro atoms. The van der Waals surface area contributed by atoms with Crippen LogP contribution in [0.2, 0.25) is 0 Å². The average molecular weight is 276 g/mol. The average Bonchev–Trinajstić information content (AvgIpc) is 2.18. The molecule has 0 bridgehead atoms. The Kier molecular flexibility index (Phi) is 4.38. The van der Waals surface area contributed by atoms with E-state index in [0.29, 0.717) is 28.8 Å². The Bertz CT molecular complexity index is 344. The number of phenols is 1. The van der Waals surface area contributed by atoms with Crippen molar-refractivity contribution in [3.05, 3.63) is 22.2 Å². The first-order valence-electron chi connectivity index (χ1n) is 4.55. The quantitative estimate of drug-likeness (QED) is 0.779. The van der Waals surface area contributed by atoms with Crippen LogP contribution in [0.25, 0.3) is 0 Å².